The molecule has 0 aliphatic carbocycles. The van der Waals surface area contributed by atoms with Gasteiger partial charge >= 0.3 is 0 Å². The van der Waals surface area contributed by atoms with Gasteiger partial charge in [0.25, 0.3) is 0 Å². The first kappa shape index (κ1) is 10.4. The lowest BCUT2D eigenvalue weighted by Gasteiger charge is -2.20. The zero-order valence-electron chi connectivity index (χ0n) is 9.46. The SMILES string of the molecule is Cn1ccnc1-c1noc(C2COCCN2)n1. The fourth-order valence-electron chi connectivity index (χ4n) is 1.77. The van der Waals surface area contributed by atoms with E-state index < -0.39 is 0 Å². The molecule has 7 nitrogen and oxygen atoms in total. The van der Waals surface area contributed by atoms with Crippen molar-refractivity contribution in [3.05, 3.63) is 18.3 Å². The van der Waals surface area contributed by atoms with Crippen LogP contribution in [0.15, 0.2) is 16.9 Å². The molecule has 2 aromatic heterocycles. The van der Waals surface area contributed by atoms with Crippen LogP contribution in [-0.4, -0.2) is 39.5 Å². The monoisotopic (exact) mass is 235 g/mol. The molecule has 0 bridgehead atoms. The molecule has 1 aliphatic heterocycles. The standard InChI is InChI=1S/C10H13N5O2/c1-15-4-2-12-9(15)8-13-10(17-14-8)7-6-16-5-3-11-7/h2,4,7,11H,3,5-6H2,1H3. The lowest BCUT2D eigenvalue weighted by molar-refractivity contribution is 0.0659. The first-order chi connectivity index (χ1) is 8.34. The van der Waals surface area contributed by atoms with Gasteiger partial charge in [0, 0.05) is 26.0 Å². The number of imidazole rings is 1. The highest BCUT2D eigenvalue weighted by molar-refractivity contribution is 5.42. The second kappa shape index (κ2) is 4.27. The van der Waals surface area contributed by atoms with Crippen molar-refractivity contribution in [2.75, 3.05) is 19.8 Å². The van der Waals surface area contributed by atoms with Gasteiger partial charge in [0.05, 0.1) is 13.2 Å². The fourth-order valence-corrected chi connectivity index (χ4v) is 1.77. The van der Waals surface area contributed by atoms with Crippen LogP contribution in [0.4, 0.5) is 0 Å². The molecule has 0 amide bonds. The minimum absolute atomic E-state index is 0.0229. The fraction of sp³-hybridized carbons (Fsp3) is 0.500. The van der Waals surface area contributed by atoms with Crippen molar-refractivity contribution in [2.45, 2.75) is 6.04 Å². The average Bonchev–Trinajstić information content (AvgIpc) is 2.98. The molecule has 90 valence electrons. The summed E-state index contributed by atoms with van der Waals surface area (Å²) < 4.78 is 12.4. The minimum Gasteiger partial charge on any atom is -0.378 e. The van der Waals surface area contributed by atoms with Gasteiger partial charge in [0.15, 0.2) is 5.82 Å². The van der Waals surface area contributed by atoms with Crippen LogP contribution < -0.4 is 5.32 Å². The molecule has 0 aromatic carbocycles. The summed E-state index contributed by atoms with van der Waals surface area (Å²) in [6.45, 7) is 2.07. The molecule has 0 spiro atoms. The molecule has 0 radical (unpaired) electrons. The van der Waals surface area contributed by atoms with E-state index in [1.165, 1.54) is 0 Å². The number of hydrogen-bond acceptors (Lipinski definition) is 6. The second-order valence-corrected chi connectivity index (χ2v) is 3.90. The Morgan fingerprint density at radius 3 is 3.18 bits per heavy atom. The van der Waals surface area contributed by atoms with E-state index in [0.29, 0.717) is 24.1 Å². The maximum Gasteiger partial charge on any atom is 0.246 e. The molecule has 1 atom stereocenters. The average molecular weight is 235 g/mol. The summed E-state index contributed by atoms with van der Waals surface area (Å²) in [6, 6.07) is -0.0229. The topological polar surface area (TPSA) is 78.0 Å². The maximum atomic E-state index is 5.35. The number of aryl methyl sites for hydroxylation is 1. The molecule has 2 aromatic rings. The molecular formula is C10H13N5O2. The third kappa shape index (κ3) is 1.94. The Morgan fingerprint density at radius 2 is 2.47 bits per heavy atom. The number of nitrogens with one attached hydrogen (secondary N) is 1. The van der Waals surface area contributed by atoms with Crippen LogP contribution >= 0.6 is 0 Å². The predicted molar refractivity (Wildman–Crippen MR) is 58.1 cm³/mol. The summed E-state index contributed by atoms with van der Waals surface area (Å²) in [5.74, 6) is 1.74. The summed E-state index contributed by atoms with van der Waals surface area (Å²) >= 11 is 0. The van der Waals surface area contributed by atoms with Crippen molar-refractivity contribution in [1.82, 2.24) is 25.0 Å². The second-order valence-electron chi connectivity index (χ2n) is 3.90. The smallest absolute Gasteiger partial charge is 0.246 e. The Labute approximate surface area is 97.8 Å². The van der Waals surface area contributed by atoms with Crippen LogP contribution in [0.1, 0.15) is 11.9 Å². The predicted octanol–water partition coefficient (Wildman–Crippen LogP) is 0.131. The number of ether oxygens (including phenoxy) is 1. The van der Waals surface area contributed by atoms with Crippen LogP contribution in [0.2, 0.25) is 0 Å². The zero-order valence-corrected chi connectivity index (χ0v) is 9.46. The van der Waals surface area contributed by atoms with E-state index in [9.17, 15) is 0 Å². The quantitative estimate of drug-likeness (QED) is 0.797. The molecule has 3 heterocycles. The van der Waals surface area contributed by atoms with Gasteiger partial charge in [-0.2, -0.15) is 4.98 Å². The molecule has 1 unspecified atom stereocenters. The van der Waals surface area contributed by atoms with Crippen molar-refractivity contribution in [2.24, 2.45) is 7.05 Å². The molecule has 1 fully saturated rings. The van der Waals surface area contributed by atoms with Crippen molar-refractivity contribution in [1.29, 1.82) is 0 Å². The van der Waals surface area contributed by atoms with Gasteiger partial charge in [-0.05, 0) is 0 Å². The highest BCUT2D eigenvalue weighted by Gasteiger charge is 2.22. The van der Waals surface area contributed by atoms with Crippen molar-refractivity contribution in [3.63, 3.8) is 0 Å². The number of aromatic nitrogens is 4. The summed E-state index contributed by atoms with van der Waals surface area (Å²) in [5.41, 5.74) is 0. The number of nitrogens with zero attached hydrogens (tertiary/aromatic N) is 4. The third-order valence-electron chi connectivity index (χ3n) is 2.68. The Morgan fingerprint density at radius 1 is 1.53 bits per heavy atom. The number of rotatable bonds is 2. The first-order valence-electron chi connectivity index (χ1n) is 5.47. The van der Waals surface area contributed by atoms with Gasteiger partial charge in [0.1, 0.15) is 6.04 Å². The lowest BCUT2D eigenvalue weighted by atomic mass is 10.3. The van der Waals surface area contributed by atoms with Crippen molar-refractivity contribution in [3.8, 4) is 11.6 Å². The highest BCUT2D eigenvalue weighted by Crippen LogP contribution is 2.18. The zero-order chi connectivity index (χ0) is 11.7. The van der Waals surface area contributed by atoms with Gasteiger partial charge in [-0.15, -0.1) is 0 Å². The highest BCUT2D eigenvalue weighted by atomic mass is 16.5. The van der Waals surface area contributed by atoms with Crippen LogP contribution in [0.5, 0.6) is 0 Å². The van der Waals surface area contributed by atoms with Gasteiger partial charge in [-0.25, -0.2) is 4.98 Å². The minimum atomic E-state index is -0.0229. The Kier molecular flexibility index (Phi) is 2.62. The van der Waals surface area contributed by atoms with Crippen molar-refractivity contribution < 1.29 is 9.26 Å². The third-order valence-corrected chi connectivity index (χ3v) is 2.68. The first-order valence-corrected chi connectivity index (χ1v) is 5.47. The van der Waals surface area contributed by atoms with Gasteiger partial charge in [-0.1, -0.05) is 5.16 Å². The van der Waals surface area contributed by atoms with E-state index in [2.05, 4.69) is 20.4 Å². The van der Waals surface area contributed by atoms with Gasteiger partial charge in [-0.3, -0.25) is 0 Å². The van der Waals surface area contributed by atoms with Crippen molar-refractivity contribution >= 4 is 0 Å². The van der Waals surface area contributed by atoms with Gasteiger partial charge < -0.3 is 19.1 Å². The van der Waals surface area contributed by atoms with E-state index in [-0.39, 0.29) is 6.04 Å². The van der Waals surface area contributed by atoms with Crippen LogP contribution in [-0.2, 0) is 11.8 Å². The Bertz CT molecular complexity index is 500. The molecule has 17 heavy (non-hydrogen) atoms. The lowest BCUT2D eigenvalue weighted by Crippen LogP contribution is -2.34. The summed E-state index contributed by atoms with van der Waals surface area (Å²) in [5, 5.41) is 7.19. The van der Waals surface area contributed by atoms with E-state index in [0.717, 1.165) is 13.2 Å². The summed E-state index contributed by atoms with van der Waals surface area (Å²) in [4.78, 5) is 8.50. The van der Waals surface area contributed by atoms with E-state index in [1.807, 2.05) is 17.8 Å². The molecule has 7 heteroatoms. The number of hydrogen-bond donors (Lipinski definition) is 1. The van der Waals surface area contributed by atoms with Crippen LogP contribution in [0.3, 0.4) is 0 Å². The molecule has 1 N–H and O–H groups in total. The van der Waals surface area contributed by atoms with E-state index >= 15 is 0 Å². The molecular weight excluding hydrogens is 222 g/mol. The Balaban J connectivity index is 1.85. The molecule has 1 saturated heterocycles. The maximum absolute atomic E-state index is 5.35. The van der Waals surface area contributed by atoms with Crippen LogP contribution in [0.25, 0.3) is 11.6 Å². The normalized spacial score (nSPS) is 20.6. The number of morpholine rings is 1. The molecule has 0 saturated carbocycles. The molecule has 3 rings (SSSR count). The molecule has 1 aliphatic rings. The van der Waals surface area contributed by atoms with Crippen LogP contribution in [0, 0.1) is 0 Å². The summed E-state index contributed by atoms with van der Waals surface area (Å²) in [6.07, 6.45) is 3.54. The summed E-state index contributed by atoms with van der Waals surface area (Å²) in [7, 11) is 1.89. The van der Waals surface area contributed by atoms with Gasteiger partial charge in [0.2, 0.25) is 11.7 Å². The largest absolute Gasteiger partial charge is 0.378 e. The Hall–Kier alpha value is -1.73. The van der Waals surface area contributed by atoms with E-state index in [4.69, 9.17) is 9.26 Å². The van der Waals surface area contributed by atoms with E-state index in [1.54, 1.807) is 6.20 Å².